The molecule has 1 amide bonds. The third-order valence-corrected chi connectivity index (χ3v) is 5.15. The Kier molecular flexibility index (Phi) is 5.37. The van der Waals surface area contributed by atoms with E-state index in [-0.39, 0.29) is 17.9 Å². The van der Waals surface area contributed by atoms with E-state index in [1.807, 2.05) is 12.1 Å². The standard InChI is InChI=1S/C22H24N4O2/c27-21(12-11-20-24-19-6-2-1-5-18(19)22(28)25-20)23-15-16-7-9-17(10-8-16)26-13-3-4-14-26/h1-2,5-10H,3-4,11-15H2,(H,23,27)(H,24,25,28). The van der Waals surface area contributed by atoms with E-state index in [4.69, 9.17) is 0 Å². The molecule has 2 heterocycles. The minimum atomic E-state index is -0.167. The predicted molar refractivity (Wildman–Crippen MR) is 110 cm³/mol. The number of carbonyl (C=O) groups excluding carboxylic acids is 1. The summed E-state index contributed by atoms with van der Waals surface area (Å²) in [6, 6.07) is 15.6. The predicted octanol–water partition coefficient (Wildman–Crippen LogP) is 2.77. The maximum absolute atomic E-state index is 12.2. The zero-order valence-corrected chi connectivity index (χ0v) is 15.8. The minimum Gasteiger partial charge on any atom is -0.372 e. The zero-order valence-electron chi connectivity index (χ0n) is 15.8. The first-order valence-electron chi connectivity index (χ1n) is 9.77. The van der Waals surface area contributed by atoms with Gasteiger partial charge in [-0.2, -0.15) is 0 Å². The number of aromatic amines is 1. The van der Waals surface area contributed by atoms with Crippen molar-refractivity contribution in [2.75, 3.05) is 18.0 Å². The topological polar surface area (TPSA) is 78.1 Å². The lowest BCUT2D eigenvalue weighted by molar-refractivity contribution is -0.121. The van der Waals surface area contributed by atoms with Crippen LogP contribution in [0, 0.1) is 0 Å². The second-order valence-corrected chi connectivity index (χ2v) is 7.17. The lowest BCUT2D eigenvalue weighted by atomic mass is 10.2. The molecule has 0 spiro atoms. The molecule has 1 aromatic heterocycles. The number of hydrogen-bond acceptors (Lipinski definition) is 4. The number of rotatable bonds is 6. The number of aryl methyl sites for hydroxylation is 1. The Bertz CT molecular complexity index is 1020. The highest BCUT2D eigenvalue weighted by atomic mass is 16.1. The summed E-state index contributed by atoms with van der Waals surface area (Å²) in [4.78, 5) is 33.8. The summed E-state index contributed by atoms with van der Waals surface area (Å²) in [7, 11) is 0. The molecule has 6 heteroatoms. The maximum atomic E-state index is 12.2. The van der Waals surface area contributed by atoms with Crippen molar-refractivity contribution < 1.29 is 4.79 Å². The normalized spacial score (nSPS) is 13.8. The maximum Gasteiger partial charge on any atom is 0.258 e. The molecule has 28 heavy (non-hydrogen) atoms. The molecule has 1 aliphatic rings. The number of H-pyrrole nitrogens is 1. The number of carbonyl (C=O) groups is 1. The number of hydrogen-bond donors (Lipinski definition) is 2. The van der Waals surface area contributed by atoms with Crippen molar-refractivity contribution in [1.82, 2.24) is 15.3 Å². The smallest absolute Gasteiger partial charge is 0.258 e. The number of fused-ring (bicyclic) bond motifs is 1. The monoisotopic (exact) mass is 376 g/mol. The van der Waals surface area contributed by atoms with Gasteiger partial charge in [-0.05, 0) is 42.7 Å². The van der Waals surface area contributed by atoms with Crippen molar-refractivity contribution in [3.05, 3.63) is 70.3 Å². The number of amides is 1. The molecule has 144 valence electrons. The van der Waals surface area contributed by atoms with Gasteiger partial charge < -0.3 is 15.2 Å². The molecule has 1 fully saturated rings. The van der Waals surface area contributed by atoms with E-state index >= 15 is 0 Å². The Morgan fingerprint density at radius 1 is 1.07 bits per heavy atom. The highest BCUT2D eigenvalue weighted by molar-refractivity contribution is 5.78. The van der Waals surface area contributed by atoms with Gasteiger partial charge in [0, 0.05) is 38.2 Å². The molecule has 1 saturated heterocycles. The molecule has 1 aliphatic heterocycles. The molecule has 3 aromatic rings. The van der Waals surface area contributed by atoms with E-state index in [0.29, 0.717) is 29.7 Å². The highest BCUT2D eigenvalue weighted by Crippen LogP contribution is 2.20. The van der Waals surface area contributed by atoms with Crippen LogP contribution in [0.2, 0.25) is 0 Å². The van der Waals surface area contributed by atoms with Gasteiger partial charge in [-0.15, -0.1) is 0 Å². The fraction of sp³-hybridized carbons (Fsp3) is 0.318. The first kappa shape index (κ1) is 18.2. The van der Waals surface area contributed by atoms with Crippen LogP contribution >= 0.6 is 0 Å². The van der Waals surface area contributed by atoms with Crippen LogP contribution < -0.4 is 15.8 Å². The van der Waals surface area contributed by atoms with Crippen LogP contribution in [0.4, 0.5) is 5.69 Å². The van der Waals surface area contributed by atoms with Crippen LogP contribution in [-0.4, -0.2) is 29.0 Å². The number of anilines is 1. The third-order valence-electron chi connectivity index (χ3n) is 5.15. The highest BCUT2D eigenvalue weighted by Gasteiger charge is 2.12. The summed E-state index contributed by atoms with van der Waals surface area (Å²) >= 11 is 0. The van der Waals surface area contributed by atoms with Crippen LogP contribution in [0.5, 0.6) is 0 Å². The Labute approximate surface area is 163 Å². The number of aromatic nitrogens is 2. The Hall–Kier alpha value is -3.15. The van der Waals surface area contributed by atoms with Crippen molar-refractivity contribution in [2.45, 2.75) is 32.2 Å². The van der Waals surface area contributed by atoms with Gasteiger partial charge in [0.1, 0.15) is 5.82 Å². The Morgan fingerprint density at radius 3 is 2.61 bits per heavy atom. The molecular formula is C22H24N4O2. The Balaban J connectivity index is 1.29. The minimum absolute atomic E-state index is 0.0561. The van der Waals surface area contributed by atoms with Crippen molar-refractivity contribution >= 4 is 22.5 Å². The van der Waals surface area contributed by atoms with Crippen molar-refractivity contribution in [3.8, 4) is 0 Å². The van der Waals surface area contributed by atoms with Crippen molar-refractivity contribution in [3.63, 3.8) is 0 Å². The number of para-hydroxylation sites is 1. The molecule has 0 aliphatic carbocycles. The molecule has 6 nitrogen and oxygen atoms in total. The van der Waals surface area contributed by atoms with E-state index in [1.54, 1.807) is 12.1 Å². The first-order chi connectivity index (χ1) is 13.7. The van der Waals surface area contributed by atoms with E-state index < -0.39 is 0 Å². The summed E-state index contributed by atoms with van der Waals surface area (Å²) < 4.78 is 0. The summed E-state index contributed by atoms with van der Waals surface area (Å²) in [5.74, 6) is 0.480. The summed E-state index contributed by atoms with van der Waals surface area (Å²) in [5, 5.41) is 3.50. The zero-order chi connectivity index (χ0) is 19.3. The summed E-state index contributed by atoms with van der Waals surface area (Å²) in [6.07, 6.45) is 3.21. The second-order valence-electron chi connectivity index (χ2n) is 7.17. The number of benzene rings is 2. The third kappa shape index (κ3) is 4.22. The molecule has 0 unspecified atom stereocenters. The average molecular weight is 376 g/mol. The Morgan fingerprint density at radius 2 is 1.82 bits per heavy atom. The molecule has 0 radical (unpaired) electrons. The van der Waals surface area contributed by atoms with Crippen molar-refractivity contribution in [1.29, 1.82) is 0 Å². The van der Waals surface area contributed by atoms with Gasteiger partial charge in [-0.25, -0.2) is 4.98 Å². The van der Waals surface area contributed by atoms with Crippen LogP contribution in [-0.2, 0) is 17.8 Å². The van der Waals surface area contributed by atoms with Gasteiger partial charge in [0.05, 0.1) is 10.9 Å². The molecule has 2 aromatic carbocycles. The van der Waals surface area contributed by atoms with Gasteiger partial charge in [-0.3, -0.25) is 9.59 Å². The van der Waals surface area contributed by atoms with Crippen LogP contribution in [0.3, 0.4) is 0 Å². The lowest BCUT2D eigenvalue weighted by Crippen LogP contribution is -2.24. The van der Waals surface area contributed by atoms with Crippen LogP contribution in [0.15, 0.2) is 53.3 Å². The lowest BCUT2D eigenvalue weighted by Gasteiger charge is -2.17. The fourth-order valence-corrected chi connectivity index (χ4v) is 3.57. The number of nitrogens with zero attached hydrogens (tertiary/aromatic N) is 2. The summed E-state index contributed by atoms with van der Waals surface area (Å²) in [5.41, 5.74) is 2.81. The van der Waals surface area contributed by atoms with E-state index in [9.17, 15) is 9.59 Å². The van der Waals surface area contributed by atoms with E-state index in [0.717, 1.165) is 18.7 Å². The van der Waals surface area contributed by atoms with Gasteiger partial charge >= 0.3 is 0 Å². The fourth-order valence-electron chi connectivity index (χ4n) is 3.57. The largest absolute Gasteiger partial charge is 0.372 e. The quantitative estimate of drug-likeness (QED) is 0.693. The molecule has 0 bridgehead atoms. The van der Waals surface area contributed by atoms with Gasteiger partial charge in [0.2, 0.25) is 5.91 Å². The van der Waals surface area contributed by atoms with Crippen molar-refractivity contribution in [2.24, 2.45) is 0 Å². The number of nitrogens with one attached hydrogen (secondary N) is 2. The molecule has 0 saturated carbocycles. The second kappa shape index (κ2) is 8.25. The van der Waals surface area contributed by atoms with Crippen LogP contribution in [0.25, 0.3) is 10.9 Å². The molecule has 4 rings (SSSR count). The summed E-state index contributed by atoms with van der Waals surface area (Å²) in [6.45, 7) is 2.75. The molecule has 2 N–H and O–H groups in total. The SMILES string of the molecule is O=C(CCc1nc2ccccc2c(=O)[nH]1)NCc1ccc(N2CCCC2)cc1. The molecule has 0 atom stereocenters. The van der Waals surface area contributed by atoms with E-state index in [1.165, 1.54) is 18.5 Å². The van der Waals surface area contributed by atoms with Crippen LogP contribution in [0.1, 0.15) is 30.7 Å². The van der Waals surface area contributed by atoms with Gasteiger partial charge in [-0.1, -0.05) is 24.3 Å². The van der Waals surface area contributed by atoms with E-state index in [2.05, 4.69) is 44.5 Å². The first-order valence-corrected chi connectivity index (χ1v) is 9.77. The van der Waals surface area contributed by atoms with Gasteiger partial charge in [0.25, 0.3) is 5.56 Å². The van der Waals surface area contributed by atoms with Gasteiger partial charge in [0.15, 0.2) is 0 Å². The molecular weight excluding hydrogens is 352 g/mol. The average Bonchev–Trinajstić information content (AvgIpc) is 3.26.